The molecule has 4 heterocycles. The Bertz CT molecular complexity index is 1760. The lowest BCUT2D eigenvalue weighted by Crippen LogP contribution is -2.13. The van der Waals surface area contributed by atoms with Crippen LogP contribution in [0.25, 0.3) is 28.0 Å². The highest BCUT2D eigenvalue weighted by molar-refractivity contribution is 7.10. The second-order valence-electron chi connectivity index (χ2n) is 8.93. The summed E-state index contributed by atoms with van der Waals surface area (Å²) in [6.07, 6.45) is 3.98. The summed E-state index contributed by atoms with van der Waals surface area (Å²) in [6, 6.07) is 27.3. The first-order valence-electron chi connectivity index (χ1n) is 12.5. The SMILES string of the molecule is NCc1cccc(Nc2nccc(-c3c(-c4cccc(NC(=O)Cc5cccs5)c4)nn4ccccc34)n2)c1. The number of thiophene rings is 1. The summed E-state index contributed by atoms with van der Waals surface area (Å²) >= 11 is 1.57. The van der Waals surface area contributed by atoms with Crippen molar-refractivity contribution in [3.63, 3.8) is 0 Å². The first-order valence-corrected chi connectivity index (χ1v) is 13.3. The Hall–Kier alpha value is -4.86. The van der Waals surface area contributed by atoms with Crippen LogP contribution in [0.3, 0.4) is 0 Å². The van der Waals surface area contributed by atoms with E-state index in [-0.39, 0.29) is 5.91 Å². The molecule has 0 atom stereocenters. The molecule has 0 saturated carbocycles. The Morgan fingerprint density at radius 2 is 1.85 bits per heavy atom. The molecule has 9 heteroatoms. The molecule has 39 heavy (non-hydrogen) atoms. The molecule has 0 fully saturated rings. The number of hydrogen-bond acceptors (Lipinski definition) is 7. The Kier molecular flexibility index (Phi) is 6.82. The highest BCUT2D eigenvalue weighted by atomic mass is 32.1. The lowest BCUT2D eigenvalue weighted by molar-refractivity contribution is -0.115. The van der Waals surface area contributed by atoms with Gasteiger partial charge in [-0.15, -0.1) is 11.3 Å². The molecule has 4 N–H and O–H groups in total. The maximum atomic E-state index is 12.6. The third-order valence-corrected chi connectivity index (χ3v) is 7.08. The van der Waals surface area contributed by atoms with Gasteiger partial charge in [-0.1, -0.05) is 36.4 Å². The second-order valence-corrected chi connectivity index (χ2v) is 9.97. The summed E-state index contributed by atoms with van der Waals surface area (Å²) in [5.74, 6) is 0.410. The Morgan fingerprint density at radius 1 is 0.949 bits per heavy atom. The number of hydrogen-bond donors (Lipinski definition) is 3. The van der Waals surface area contributed by atoms with Gasteiger partial charge in [-0.3, -0.25) is 4.79 Å². The number of rotatable bonds is 8. The van der Waals surface area contributed by atoms with Gasteiger partial charge in [-0.05, 0) is 59.5 Å². The first-order chi connectivity index (χ1) is 19.2. The van der Waals surface area contributed by atoms with E-state index in [0.29, 0.717) is 24.6 Å². The fourth-order valence-electron chi connectivity index (χ4n) is 4.44. The number of amides is 1. The molecule has 6 rings (SSSR count). The van der Waals surface area contributed by atoms with Crippen LogP contribution >= 0.6 is 11.3 Å². The van der Waals surface area contributed by atoms with Crippen molar-refractivity contribution in [1.29, 1.82) is 0 Å². The summed E-state index contributed by atoms with van der Waals surface area (Å²) in [7, 11) is 0. The van der Waals surface area contributed by atoms with E-state index < -0.39 is 0 Å². The zero-order valence-electron chi connectivity index (χ0n) is 20.9. The first kappa shape index (κ1) is 24.5. The monoisotopic (exact) mass is 531 g/mol. The minimum absolute atomic E-state index is 0.0601. The number of nitrogens with one attached hydrogen (secondary N) is 2. The van der Waals surface area contributed by atoms with Crippen molar-refractivity contribution in [2.45, 2.75) is 13.0 Å². The maximum absolute atomic E-state index is 12.6. The minimum Gasteiger partial charge on any atom is -0.326 e. The molecule has 0 radical (unpaired) electrons. The molecule has 6 aromatic rings. The maximum Gasteiger partial charge on any atom is 0.229 e. The molecule has 0 aliphatic carbocycles. The number of pyridine rings is 1. The molecular formula is C30H25N7OS. The number of benzene rings is 2. The molecule has 192 valence electrons. The lowest BCUT2D eigenvalue weighted by atomic mass is 10.0. The topological polar surface area (TPSA) is 110 Å². The number of anilines is 3. The van der Waals surface area contributed by atoms with E-state index in [1.807, 2.05) is 101 Å². The summed E-state index contributed by atoms with van der Waals surface area (Å²) in [4.78, 5) is 22.9. The number of aromatic nitrogens is 4. The summed E-state index contributed by atoms with van der Waals surface area (Å²) in [5.41, 5.74) is 12.5. The Morgan fingerprint density at radius 3 is 2.72 bits per heavy atom. The largest absolute Gasteiger partial charge is 0.326 e. The van der Waals surface area contributed by atoms with Crippen molar-refractivity contribution in [3.8, 4) is 22.5 Å². The molecule has 4 aromatic heterocycles. The smallest absolute Gasteiger partial charge is 0.229 e. The van der Waals surface area contributed by atoms with Crippen molar-refractivity contribution in [2.24, 2.45) is 5.73 Å². The van der Waals surface area contributed by atoms with Crippen LogP contribution in [0.4, 0.5) is 17.3 Å². The highest BCUT2D eigenvalue weighted by Crippen LogP contribution is 2.35. The van der Waals surface area contributed by atoms with Gasteiger partial charge < -0.3 is 16.4 Å². The van der Waals surface area contributed by atoms with Crippen LogP contribution in [0.2, 0.25) is 0 Å². The number of carbonyl (C=O) groups excluding carboxylic acids is 1. The molecule has 0 spiro atoms. The third-order valence-electron chi connectivity index (χ3n) is 6.21. The quantitative estimate of drug-likeness (QED) is 0.225. The molecule has 0 saturated heterocycles. The fraction of sp³-hybridized carbons (Fsp3) is 0.0667. The highest BCUT2D eigenvalue weighted by Gasteiger charge is 2.19. The van der Waals surface area contributed by atoms with Crippen molar-refractivity contribution < 1.29 is 4.79 Å². The van der Waals surface area contributed by atoms with Crippen LogP contribution in [0.1, 0.15) is 10.4 Å². The van der Waals surface area contributed by atoms with Gasteiger partial charge in [0.2, 0.25) is 11.9 Å². The molecule has 8 nitrogen and oxygen atoms in total. The zero-order chi connectivity index (χ0) is 26.6. The molecular weight excluding hydrogens is 506 g/mol. The van der Waals surface area contributed by atoms with Gasteiger partial charge in [0.15, 0.2) is 0 Å². The number of fused-ring (bicyclic) bond motifs is 1. The van der Waals surface area contributed by atoms with Crippen LogP contribution in [0.5, 0.6) is 0 Å². The third kappa shape index (κ3) is 5.40. The van der Waals surface area contributed by atoms with Gasteiger partial charge in [-0.2, -0.15) is 5.10 Å². The van der Waals surface area contributed by atoms with E-state index in [1.54, 1.807) is 17.5 Å². The van der Waals surface area contributed by atoms with Crippen LogP contribution in [0.15, 0.2) is 103 Å². The van der Waals surface area contributed by atoms with Gasteiger partial charge in [0, 0.05) is 40.8 Å². The Labute approximate surface area is 229 Å². The average molecular weight is 532 g/mol. The van der Waals surface area contributed by atoms with Crippen molar-refractivity contribution in [3.05, 3.63) is 113 Å². The lowest BCUT2D eigenvalue weighted by Gasteiger charge is -2.09. The van der Waals surface area contributed by atoms with Crippen LogP contribution in [0, 0.1) is 0 Å². The molecule has 0 bridgehead atoms. The predicted molar refractivity (Wildman–Crippen MR) is 156 cm³/mol. The van der Waals surface area contributed by atoms with E-state index >= 15 is 0 Å². The fourth-order valence-corrected chi connectivity index (χ4v) is 5.14. The molecule has 1 amide bonds. The van der Waals surface area contributed by atoms with Crippen LogP contribution in [-0.4, -0.2) is 25.5 Å². The van der Waals surface area contributed by atoms with Crippen molar-refractivity contribution in [1.82, 2.24) is 19.6 Å². The van der Waals surface area contributed by atoms with E-state index in [1.165, 1.54) is 0 Å². The second kappa shape index (κ2) is 10.9. The number of carbonyl (C=O) groups is 1. The zero-order valence-corrected chi connectivity index (χ0v) is 21.7. The summed E-state index contributed by atoms with van der Waals surface area (Å²) < 4.78 is 1.84. The van der Waals surface area contributed by atoms with E-state index in [0.717, 1.165) is 44.2 Å². The Balaban J connectivity index is 1.36. The van der Waals surface area contributed by atoms with E-state index in [2.05, 4.69) is 15.6 Å². The summed E-state index contributed by atoms with van der Waals surface area (Å²) in [5, 5.41) is 13.2. The normalized spacial score (nSPS) is 11.0. The van der Waals surface area contributed by atoms with Crippen LogP contribution in [-0.2, 0) is 17.8 Å². The van der Waals surface area contributed by atoms with E-state index in [4.69, 9.17) is 15.8 Å². The van der Waals surface area contributed by atoms with Gasteiger partial charge in [0.25, 0.3) is 0 Å². The molecule has 2 aromatic carbocycles. The molecule has 0 aliphatic rings. The molecule has 0 aliphatic heterocycles. The van der Waals surface area contributed by atoms with Gasteiger partial charge in [0.1, 0.15) is 5.69 Å². The van der Waals surface area contributed by atoms with Crippen molar-refractivity contribution in [2.75, 3.05) is 10.6 Å². The van der Waals surface area contributed by atoms with Gasteiger partial charge in [-0.25, -0.2) is 14.5 Å². The molecule has 0 unspecified atom stereocenters. The number of nitrogens with two attached hydrogens (primary N) is 1. The van der Waals surface area contributed by atoms with Crippen molar-refractivity contribution >= 4 is 40.1 Å². The summed E-state index contributed by atoms with van der Waals surface area (Å²) in [6.45, 7) is 0.454. The minimum atomic E-state index is -0.0601. The standard InChI is InChI=1S/C30H25N7OS/c31-19-20-6-3-8-22(16-20)34-30-32-13-12-25(35-30)28-26-11-1-2-14-37(26)36-29(28)21-7-4-9-23(17-21)33-27(38)18-24-10-5-15-39-24/h1-17H,18-19,31H2,(H,33,38)(H,32,34,35). The van der Waals surface area contributed by atoms with Crippen LogP contribution < -0.4 is 16.4 Å². The average Bonchev–Trinajstić information content (AvgIpc) is 3.61. The predicted octanol–water partition coefficient (Wildman–Crippen LogP) is 5.90. The van der Waals surface area contributed by atoms with Gasteiger partial charge >= 0.3 is 0 Å². The number of nitrogens with zero attached hydrogens (tertiary/aromatic N) is 4. The van der Waals surface area contributed by atoms with E-state index in [9.17, 15) is 4.79 Å². The van der Waals surface area contributed by atoms with Gasteiger partial charge in [0.05, 0.1) is 23.2 Å².